The Balaban J connectivity index is 2.12. The van der Waals surface area contributed by atoms with Crippen molar-refractivity contribution in [2.24, 2.45) is 4.99 Å². The number of aromatic nitrogens is 1. The number of carbonyl (C=O) groups is 1. The largest absolute Gasteiger partial charge is 0.494 e. The second-order valence-electron chi connectivity index (χ2n) is 5.02. The number of amides is 1. The SMILES string of the molecule is C#CCn1c(=NC(=O)c2ccccc2)sc2cc(OCC)ccc21. The molecule has 0 aliphatic heterocycles. The molecule has 4 nitrogen and oxygen atoms in total. The fourth-order valence-electron chi connectivity index (χ4n) is 2.37. The van der Waals surface area contributed by atoms with Crippen LogP contribution in [-0.2, 0) is 6.54 Å². The number of fused-ring (bicyclic) bond motifs is 1. The van der Waals surface area contributed by atoms with Gasteiger partial charge in [0, 0.05) is 5.56 Å². The van der Waals surface area contributed by atoms with E-state index < -0.39 is 0 Å². The summed E-state index contributed by atoms with van der Waals surface area (Å²) in [6.07, 6.45) is 5.48. The Bertz CT molecular complexity index is 978. The van der Waals surface area contributed by atoms with Crippen molar-refractivity contribution in [2.45, 2.75) is 13.5 Å². The standard InChI is InChI=1S/C19H16N2O2S/c1-3-12-21-16-11-10-15(23-4-2)13-17(16)24-19(21)20-18(22)14-8-6-5-7-9-14/h1,5-11,13H,4,12H2,2H3. The van der Waals surface area contributed by atoms with E-state index in [0.717, 1.165) is 16.0 Å². The second kappa shape index (κ2) is 7.16. The molecule has 1 heterocycles. The maximum absolute atomic E-state index is 12.4. The molecule has 24 heavy (non-hydrogen) atoms. The molecule has 2 aromatic carbocycles. The van der Waals surface area contributed by atoms with E-state index >= 15 is 0 Å². The molecular weight excluding hydrogens is 320 g/mol. The van der Waals surface area contributed by atoms with Crippen molar-refractivity contribution in [3.8, 4) is 18.1 Å². The number of benzene rings is 2. The van der Waals surface area contributed by atoms with Gasteiger partial charge in [0.2, 0.25) is 0 Å². The van der Waals surface area contributed by atoms with E-state index in [-0.39, 0.29) is 5.91 Å². The number of nitrogens with zero attached hydrogens (tertiary/aromatic N) is 2. The van der Waals surface area contributed by atoms with Gasteiger partial charge in [-0.25, -0.2) is 0 Å². The van der Waals surface area contributed by atoms with Gasteiger partial charge in [0.05, 0.1) is 23.4 Å². The Morgan fingerprint density at radius 3 is 2.79 bits per heavy atom. The molecule has 3 aromatic rings. The highest BCUT2D eigenvalue weighted by molar-refractivity contribution is 7.16. The maximum atomic E-state index is 12.4. The van der Waals surface area contributed by atoms with Crippen LogP contribution >= 0.6 is 11.3 Å². The minimum Gasteiger partial charge on any atom is -0.494 e. The average Bonchev–Trinajstić information content (AvgIpc) is 2.93. The Morgan fingerprint density at radius 2 is 2.08 bits per heavy atom. The molecule has 0 atom stereocenters. The van der Waals surface area contributed by atoms with Crippen LogP contribution in [0, 0.1) is 12.3 Å². The van der Waals surface area contributed by atoms with Crippen molar-refractivity contribution in [3.05, 3.63) is 58.9 Å². The van der Waals surface area contributed by atoms with Gasteiger partial charge in [-0.05, 0) is 37.3 Å². The highest BCUT2D eigenvalue weighted by Crippen LogP contribution is 2.23. The summed E-state index contributed by atoms with van der Waals surface area (Å²) in [6, 6.07) is 14.8. The summed E-state index contributed by atoms with van der Waals surface area (Å²) in [5, 5.41) is 0. The minimum atomic E-state index is -0.280. The zero-order valence-electron chi connectivity index (χ0n) is 13.2. The normalized spacial score (nSPS) is 11.4. The molecule has 0 radical (unpaired) electrons. The van der Waals surface area contributed by atoms with E-state index in [1.165, 1.54) is 11.3 Å². The van der Waals surface area contributed by atoms with Gasteiger partial charge in [-0.2, -0.15) is 4.99 Å². The topological polar surface area (TPSA) is 43.6 Å². The number of ether oxygens (including phenoxy) is 1. The van der Waals surface area contributed by atoms with Gasteiger partial charge in [0.25, 0.3) is 5.91 Å². The first-order valence-electron chi connectivity index (χ1n) is 7.56. The molecule has 0 fully saturated rings. The van der Waals surface area contributed by atoms with E-state index in [0.29, 0.717) is 23.5 Å². The quantitative estimate of drug-likeness (QED) is 0.685. The van der Waals surface area contributed by atoms with Crippen LogP contribution in [0.3, 0.4) is 0 Å². The van der Waals surface area contributed by atoms with Crippen LogP contribution in [0.4, 0.5) is 0 Å². The molecule has 1 amide bonds. The van der Waals surface area contributed by atoms with Crippen LogP contribution in [-0.4, -0.2) is 17.1 Å². The Kier molecular flexibility index (Phi) is 4.78. The molecule has 0 aliphatic carbocycles. The van der Waals surface area contributed by atoms with Gasteiger partial charge >= 0.3 is 0 Å². The van der Waals surface area contributed by atoms with E-state index in [9.17, 15) is 4.79 Å². The summed E-state index contributed by atoms with van der Waals surface area (Å²) < 4.78 is 8.39. The maximum Gasteiger partial charge on any atom is 0.279 e. The van der Waals surface area contributed by atoms with E-state index in [1.807, 2.05) is 47.9 Å². The Labute approximate surface area is 144 Å². The predicted octanol–water partition coefficient (Wildman–Crippen LogP) is 3.48. The van der Waals surface area contributed by atoms with Crippen LogP contribution in [0.2, 0.25) is 0 Å². The fourth-order valence-corrected chi connectivity index (χ4v) is 3.43. The molecule has 0 aliphatic rings. The lowest BCUT2D eigenvalue weighted by molar-refractivity contribution is 0.0998. The van der Waals surface area contributed by atoms with Gasteiger partial charge in [-0.15, -0.1) is 6.42 Å². The molecule has 0 N–H and O–H groups in total. The lowest BCUT2D eigenvalue weighted by atomic mass is 10.2. The van der Waals surface area contributed by atoms with Gasteiger partial charge < -0.3 is 9.30 Å². The predicted molar refractivity (Wildman–Crippen MR) is 96.2 cm³/mol. The lowest BCUT2D eigenvalue weighted by Gasteiger charge is -2.03. The zero-order chi connectivity index (χ0) is 16.9. The number of hydrogen-bond acceptors (Lipinski definition) is 3. The first kappa shape index (κ1) is 16.0. The summed E-state index contributed by atoms with van der Waals surface area (Å²) in [4.78, 5) is 17.2. The molecule has 0 spiro atoms. The molecule has 0 saturated heterocycles. The first-order chi connectivity index (χ1) is 11.7. The third-order valence-corrected chi connectivity index (χ3v) is 4.47. The van der Waals surface area contributed by atoms with Crippen molar-refractivity contribution < 1.29 is 9.53 Å². The number of thiazole rings is 1. The summed E-state index contributed by atoms with van der Waals surface area (Å²) in [7, 11) is 0. The van der Waals surface area contributed by atoms with Gasteiger partial charge in [0.1, 0.15) is 5.75 Å². The number of hydrogen-bond donors (Lipinski definition) is 0. The van der Waals surface area contributed by atoms with Crippen molar-refractivity contribution in [1.29, 1.82) is 0 Å². The Hall–Kier alpha value is -2.84. The number of terminal acetylenes is 1. The Morgan fingerprint density at radius 1 is 1.29 bits per heavy atom. The fraction of sp³-hybridized carbons (Fsp3) is 0.158. The lowest BCUT2D eigenvalue weighted by Crippen LogP contribution is -2.16. The number of rotatable bonds is 4. The third kappa shape index (κ3) is 3.24. The second-order valence-corrected chi connectivity index (χ2v) is 6.03. The van der Waals surface area contributed by atoms with Crippen LogP contribution < -0.4 is 9.54 Å². The van der Waals surface area contributed by atoms with E-state index in [4.69, 9.17) is 11.2 Å². The van der Waals surface area contributed by atoms with E-state index in [1.54, 1.807) is 12.1 Å². The van der Waals surface area contributed by atoms with Crippen LogP contribution in [0.5, 0.6) is 5.75 Å². The molecule has 120 valence electrons. The highest BCUT2D eigenvalue weighted by atomic mass is 32.1. The molecule has 0 unspecified atom stereocenters. The van der Waals surface area contributed by atoms with Gasteiger partial charge in [-0.1, -0.05) is 35.5 Å². The molecular formula is C19H16N2O2S. The highest BCUT2D eigenvalue weighted by Gasteiger charge is 2.09. The van der Waals surface area contributed by atoms with Crippen LogP contribution in [0.1, 0.15) is 17.3 Å². The van der Waals surface area contributed by atoms with Gasteiger partial charge in [0.15, 0.2) is 4.80 Å². The summed E-state index contributed by atoms with van der Waals surface area (Å²) in [5.74, 6) is 3.13. The summed E-state index contributed by atoms with van der Waals surface area (Å²) >= 11 is 1.43. The van der Waals surface area contributed by atoms with Crippen LogP contribution in [0.25, 0.3) is 10.2 Å². The minimum absolute atomic E-state index is 0.280. The van der Waals surface area contributed by atoms with Crippen molar-refractivity contribution in [3.63, 3.8) is 0 Å². The molecule has 1 aromatic heterocycles. The van der Waals surface area contributed by atoms with Gasteiger partial charge in [-0.3, -0.25) is 4.79 Å². The van der Waals surface area contributed by atoms with E-state index in [2.05, 4.69) is 10.9 Å². The summed E-state index contributed by atoms with van der Waals surface area (Å²) in [5.41, 5.74) is 1.50. The number of carbonyl (C=O) groups excluding carboxylic acids is 1. The summed E-state index contributed by atoms with van der Waals surface area (Å²) in [6.45, 7) is 2.90. The zero-order valence-corrected chi connectivity index (χ0v) is 14.0. The van der Waals surface area contributed by atoms with Crippen molar-refractivity contribution in [2.75, 3.05) is 6.61 Å². The van der Waals surface area contributed by atoms with Crippen molar-refractivity contribution >= 4 is 27.5 Å². The molecule has 3 rings (SSSR count). The van der Waals surface area contributed by atoms with Crippen LogP contribution in [0.15, 0.2) is 53.5 Å². The monoisotopic (exact) mass is 336 g/mol. The third-order valence-electron chi connectivity index (χ3n) is 3.43. The first-order valence-corrected chi connectivity index (χ1v) is 8.38. The average molecular weight is 336 g/mol. The molecule has 5 heteroatoms. The smallest absolute Gasteiger partial charge is 0.279 e. The van der Waals surface area contributed by atoms with Crippen molar-refractivity contribution in [1.82, 2.24) is 4.57 Å². The molecule has 0 saturated carbocycles. The molecule has 0 bridgehead atoms.